The van der Waals surface area contributed by atoms with Gasteiger partial charge < -0.3 is 19.4 Å². The summed E-state index contributed by atoms with van der Waals surface area (Å²) >= 11 is 0. The van der Waals surface area contributed by atoms with Crippen LogP contribution in [0.15, 0.2) is 42.9 Å². The number of aromatic nitrogens is 4. The van der Waals surface area contributed by atoms with Crippen molar-refractivity contribution in [3.05, 3.63) is 65.5 Å². The molecule has 0 aliphatic carbocycles. The number of imidazole rings is 1. The molecule has 5 rings (SSSR count). The van der Waals surface area contributed by atoms with Gasteiger partial charge in [-0.25, -0.2) is 14.2 Å². The summed E-state index contributed by atoms with van der Waals surface area (Å²) in [6.07, 6.45) is 7.54. The second-order valence-electron chi connectivity index (χ2n) is 10.3. The molecule has 0 saturated carbocycles. The largest absolute Gasteiger partial charge is 0.444 e. The number of ether oxygens (including phenoxy) is 1. The minimum atomic E-state index is -0.547. The molecular formula is C27H29FN6O3. The highest BCUT2D eigenvalue weighted by molar-refractivity contribution is 6.13. The number of halogens is 1. The lowest BCUT2D eigenvalue weighted by molar-refractivity contribution is 0.0270. The fourth-order valence-corrected chi connectivity index (χ4v) is 4.54. The van der Waals surface area contributed by atoms with Gasteiger partial charge in [0.05, 0.1) is 16.9 Å². The highest BCUT2D eigenvalue weighted by Crippen LogP contribution is 2.31. The van der Waals surface area contributed by atoms with Crippen molar-refractivity contribution in [3.8, 4) is 0 Å². The molecule has 192 valence electrons. The lowest BCUT2D eigenvalue weighted by Crippen LogP contribution is -2.39. The topological polar surface area (TPSA) is 93.8 Å². The third kappa shape index (κ3) is 4.91. The highest BCUT2D eigenvalue weighted by atomic mass is 19.1. The summed E-state index contributed by atoms with van der Waals surface area (Å²) in [6.45, 7) is 8.30. The van der Waals surface area contributed by atoms with Crippen LogP contribution in [0.4, 0.5) is 14.9 Å². The first-order chi connectivity index (χ1) is 17.5. The maximum absolute atomic E-state index is 14.5. The van der Waals surface area contributed by atoms with E-state index in [1.54, 1.807) is 46.4 Å². The Kier molecular flexibility index (Phi) is 5.97. The molecule has 1 aliphatic heterocycles. The molecule has 37 heavy (non-hydrogen) atoms. The molecule has 0 radical (unpaired) electrons. The van der Waals surface area contributed by atoms with Crippen LogP contribution in [0.25, 0.3) is 22.1 Å². The molecule has 1 aromatic carbocycles. The third-order valence-corrected chi connectivity index (χ3v) is 6.13. The van der Waals surface area contributed by atoms with Crippen molar-refractivity contribution in [2.75, 3.05) is 18.4 Å². The van der Waals surface area contributed by atoms with Gasteiger partial charge in [0.2, 0.25) is 0 Å². The molecule has 4 heterocycles. The van der Waals surface area contributed by atoms with E-state index in [9.17, 15) is 14.0 Å². The smallest absolute Gasteiger partial charge is 0.410 e. The maximum Gasteiger partial charge on any atom is 0.410 e. The molecule has 0 unspecified atom stereocenters. The number of rotatable bonds is 3. The molecule has 1 aliphatic rings. The lowest BCUT2D eigenvalue weighted by atomic mass is 9.95. The summed E-state index contributed by atoms with van der Waals surface area (Å²) in [6, 6.07) is 4.89. The first kappa shape index (κ1) is 24.5. The standard InChI is InChI=1S/C27H29FN6O3/c1-16-13-34-14-18(12-22(28)24(34)29-16)30-25(35)20-7-6-19(21-15-32(5)31-23(20)21)17-8-10-33(11-9-17)26(36)37-27(2,3)4/h6-8,12-15H,9-11H2,1-5H3,(H,30,35). The SMILES string of the molecule is Cc1cn2cc(NC(=O)c3ccc(C4=CCN(C(=O)OC(C)(C)C)CC4)c4cn(C)nc34)cc(F)c2n1. The Bertz CT molecular complexity index is 1580. The number of carbonyl (C=O) groups excluding carboxylic acids is 2. The van der Waals surface area contributed by atoms with Gasteiger partial charge >= 0.3 is 6.09 Å². The Labute approximate surface area is 213 Å². The summed E-state index contributed by atoms with van der Waals surface area (Å²) in [7, 11) is 1.80. The zero-order valence-corrected chi connectivity index (χ0v) is 21.5. The summed E-state index contributed by atoms with van der Waals surface area (Å²) in [5.41, 5.74) is 3.63. The van der Waals surface area contributed by atoms with Gasteiger partial charge in [-0.2, -0.15) is 5.10 Å². The van der Waals surface area contributed by atoms with Crippen LogP contribution < -0.4 is 5.32 Å². The number of hydrogen-bond acceptors (Lipinski definition) is 5. The highest BCUT2D eigenvalue weighted by Gasteiger charge is 2.25. The Morgan fingerprint density at radius 2 is 1.95 bits per heavy atom. The van der Waals surface area contributed by atoms with Crippen molar-refractivity contribution in [1.29, 1.82) is 0 Å². The number of anilines is 1. The van der Waals surface area contributed by atoms with Gasteiger partial charge in [-0.3, -0.25) is 9.48 Å². The van der Waals surface area contributed by atoms with Gasteiger partial charge in [0.1, 0.15) is 11.1 Å². The molecule has 4 aromatic rings. The average molecular weight is 505 g/mol. The summed E-state index contributed by atoms with van der Waals surface area (Å²) < 4.78 is 23.2. The Hall–Kier alpha value is -4.21. The number of fused-ring (bicyclic) bond motifs is 2. The van der Waals surface area contributed by atoms with E-state index < -0.39 is 11.4 Å². The molecule has 2 amide bonds. The normalized spacial score (nSPS) is 14.2. The minimum absolute atomic E-state index is 0.206. The zero-order chi connectivity index (χ0) is 26.5. The van der Waals surface area contributed by atoms with Crippen molar-refractivity contribution in [3.63, 3.8) is 0 Å². The fraction of sp³-hybridized carbons (Fsp3) is 0.333. The number of pyridine rings is 1. The zero-order valence-electron chi connectivity index (χ0n) is 21.5. The maximum atomic E-state index is 14.5. The van der Waals surface area contributed by atoms with Crippen LogP contribution in [0.5, 0.6) is 0 Å². The van der Waals surface area contributed by atoms with Gasteiger partial charge in [-0.05, 0) is 51.3 Å². The molecule has 9 nitrogen and oxygen atoms in total. The van der Waals surface area contributed by atoms with E-state index in [1.807, 2.05) is 39.1 Å². The van der Waals surface area contributed by atoms with Crippen molar-refractivity contribution < 1.29 is 18.7 Å². The van der Waals surface area contributed by atoms with Gasteiger partial charge in [-0.15, -0.1) is 0 Å². The number of aryl methyl sites for hydroxylation is 2. The van der Waals surface area contributed by atoms with Crippen LogP contribution in [0.3, 0.4) is 0 Å². The van der Waals surface area contributed by atoms with E-state index in [-0.39, 0.29) is 17.6 Å². The van der Waals surface area contributed by atoms with Crippen LogP contribution in [-0.2, 0) is 11.8 Å². The summed E-state index contributed by atoms with van der Waals surface area (Å²) in [5.74, 6) is -0.909. The molecule has 0 saturated heterocycles. The number of nitrogens with one attached hydrogen (secondary N) is 1. The minimum Gasteiger partial charge on any atom is -0.444 e. The van der Waals surface area contributed by atoms with Gasteiger partial charge in [0.15, 0.2) is 11.5 Å². The summed E-state index contributed by atoms with van der Waals surface area (Å²) in [4.78, 5) is 31.5. The van der Waals surface area contributed by atoms with Gasteiger partial charge in [0.25, 0.3) is 5.91 Å². The number of benzene rings is 1. The number of carbonyl (C=O) groups is 2. The first-order valence-corrected chi connectivity index (χ1v) is 12.1. The molecule has 1 N–H and O–H groups in total. The lowest BCUT2D eigenvalue weighted by Gasteiger charge is -2.29. The molecular weight excluding hydrogens is 475 g/mol. The molecule has 0 spiro atoms. The average Bonchev–Trinajstić information content (AvgIpc) is 3.39. The number of hydrogen-bond donors (Lipinski definition) is 1. The predicted molar refractivity (Wildman–Crippen MR) is 139 cm³/mol. The molecule has 10 heteroatoms. The van der Waals surface area contributed by atoms with E-state index in [4.69, 9.17) is 4.74 Å². The van der Waals surface area contributed by atoms with Crippen LogP contribution >= 0.6 is 0 Å². The molecule has 0 bridgehead atoms. The van der Waals surface area contributed by atoms with Crippen molar-refractivity contribution in [2.45, 2.75) is 39.7 Å². The quantitative estimate of drug-likeness (QED) is 0.426. The monoisotopic (exact) mass is 504 g/mol. The number of amides is 2. The Morgan fingerprint density at radius 1 is 1.16 bits per heavy atom. The van der Waals surface area contributed by atoms with Crippen LogP contribution in [-0.4, -0.2) is 54.8 Å². The fourth-order valence-electron chi connectivity index (χ4n) is 4.54. The van der Waals surface area contributed by atoms with E-state index in [0.717, 1.165) is 16.5 Å². The van der Waals surface area contributed by atoms with Crippen molar-refractivity contribution in [1.82, 2.24) is 24.1 Å². The van der Waals surface area contributed by atoms with Crippen molar-refractivity contribution >= 4 is 39.8 Å². The number of nitrogens with zero attached hydrogens (tertiary/aromatic N) is 5. The van der Waals surface area contributed by atoms with Crippen LogP contribution in [0.1, 0.15) is 48.8 Å². The predicted octanol–water partition coefficient (Wildman–Crippen LogP) is 4.95. The van der Waals surface area contributed by atoms with Gasteiger partial charge in [0, 0.05) is 50.2 Å². The van der Waals surface area contributed by atoms with Crippen LogP contribution in [0, 0.1) is 12.7 Å². The molecule has 0 fully saturated rings. The Balaban J connectivity index is 1.41. The van der Waals surface area contributed by atoms with Gasteiger partial charge in [-0.1, -0.05) is 12.1 Å². The summed E-state index contributed by atoms with van der Waals surface area (Å²) in [5, 5.41) is 8.16. The third-order valence-electron chi connectivity index (χ3n) is 6.13. The van der Waals surface area contributed by atoms with Crippen molar-refractivity contribution in [2.24, 2.45) is 7.05 Å². The second kappa shape index (κ2) is 9.02. The van der Waals surface area contributed by atoms with Crippen LogP contribution in [0.2, 0.25) is 0 Å². The Morgan fingerprint density at radius 3 is 2.65 bits per heavy atom. The molecule has 3 aromatic heterocycles. The van der Waals surface area contributed by atoms with E-state index in [1.165, 1.54) is 6.07 Å². The second-order valence-corrected chi connectivity index (χ2v) is 10.3. The first-order valence-electron chi connectivity index (χ1n) is 12.1. The molecule has 0 atom stereocenters. The van der Waals surface area contributed by atoms with E-state index in [2.05, 4.69) is 15.4 Å². The van der Waals surface area contributed by atoms with E-state index in [0.29, 0.717) is 42.0 Å². The van der Waals surface area contributed by atoms with E-state index >= 15 is 0 Å².